The number of rotatable bonds is 10. The van der Waals surface area contributed by atoms with Gasteiger partial charge in [0, 0.05) is 24.7 Å². The first-order valence-corrected chi connectivity index (χ1v) is 9.73. The van der Waals surface area contributed by atoms with Gasteiger partial charge in [0.2, 0.25) is 5.91 Å². The van der Waals surface area contributed by atoms with Gasteiger partial charge in [-0.25, -0.2) is 4.39 Å². The minimum atomic E-state index is -0.767. The van der Waals surface area contributed by atoms with Gasteiger partial charge in [-0.2, -0.15) is 0 Å². The Hall–Kier alpha value is -3.17. The van der Waals surface area contributed by atoms with Gasteiger partial charge in [0.15, 0.2) is 17.3 Å². The number of nitrogens with zero attached hydrogens (tertiary/aromatic N) is 1. The lowest BCUT2D eigenvalue weighted by Gasteiger charge is -2.23. The molecule has 0 heterocycles. The number of phenols is 2. The van der Waals surface area contributed by atoms with E-state index in [0.717, 1.165) is 12.1 Å². The number of carbonyl (C=O) groups excluding carboxylic acids is 2. The van der Waals surface area contributed by atoms with E-state index >= 15 is 0 Å². The first-order chi connectivity index (χ1) is 14.8. The standard InChI is InChI=1S/C22H26FNO7/c1-3-14-15(11-20(29)24(6-8-25)7-9-26)21(18(28)12-17(14)27)22(30)13-4-5-19(31-2)16(23)10-13/h4-5,10,12,25-28H,3,6-9,11H2,1-2H3. The summed E-state index contributed by atoms with van der Waals surface area (Å²) >= 11 is 0. The fraction of sp³-hybridized carbons (Fsp3) is 0.364. The van der Waals surface area contributed by atoms with Crippen LogP contribution in [0.15, 0.2) is 24.3 Å². The second-order valence-corrected chi connectivity index (χ2v) is 6.78. The highest BCUT2D eigenvalue weighted by atomic mass is 19.1. The van der Waals surface area contributed by atoms with Gasteiger partial charge >= 0.3 is 0 Å². The smallest absolute Gasteiger partial charge is 0.227 e. The van der Waals surface area contributed by atoms with E-state index in [4.69, 9.17) is 4.74 Å². The largest absolute Gasteiger partial charge is 0.508 e. The third-order valence-electron chi connectivity index (χ3n) is 4.92. The summed E-state index contributed by atoms with van der Waals surface area (Å²) < 4.78 is 19.0. The van der Waals surface area contributed by atoms with Crippen molar-refractivity contribution in [2.75, 3.05) is 33.4 Å². The molecule has 1 amide bonds. The summed E-state index contributed by atoms with van der Waals surface area (Å²) in [6.45, 7) is 1.00. The monoisotopic (exact) mass is 435 g/mol. The molecule has 0 spiro atoms. The Morgan fingerprint density at radius 3 is 2.19 bits per heavy atom. The molecule has 2 aromatic rings. The molecule has 0 aliphatic carbocycles. The molecule has 0 saturated carbocycles. The molecule has 2 aromatic carbocycles. The predicted molar refractivity (Wildman–Crippen MR) is 110 cm³/mol. The van der Waals surface area contributed by atoms with E-state index in [0.29, 0.717) is 0 Å². The number of benzene rings is 2. The molecule has 9 heteroatoms. The maximum Gasteiger partial charge on any atom is 0.227 e. The van der Waals surface area contributed by atoms with Crippen LogP contribution in [0.1, 0.15) is 34.0 Å². The Morgan fingerprint density at radius 1 is 1.03 bits per heavy atom. The van der Waals surface area contributed by atoms with E-state index in [2.05, 4.69) is 0 Å². The zero-order valence-electron chi connectivity index (χ0n) is 17.4. The number of aliphatic hydroxyl groups is 2. The van der Waals surface area contributed by atoms with Gasteiger partial charge in [-0.15, -0.1) is 0 Å². The average Bonchev–Trinajstić information content (AvgIpc) is 2.73. The SMILES string of the molecule is CCc1c(O)cc(O)c(C(=O)c2ccc(OC)c(F)c2)c1CC(=O)N(CCO)CCO. The summed E-state index contributed by atoms with van der Waals surface area (Å²) in [7, 11) is 1.29. The number of ether oxygens (including phenoxy) is 1. The molecule has 31 heavy (non-hydrogen) atoms. The average molecular weight is 435 g/mol. The van der Waals surface area contributed by atoms with Crippen molar-refractivity contribution >= 4 is 11.7 Å². The van der Waals surface area contributed by atoms with Gasteiger partial charge in [-0.05, 0) is 35.7 Å². The van der Waals surface area contributed by atoms with Crippen LogP contribution in [0.4, 0.5) is 4.39 Å². The third-order valence-corrected chi connectivity index (χ3v) is 4.92. The van der Waals surface area contributed by atoms with Crippen molar-refractivity contribution in [1.82, 2.24) is 4.90 Å². The van der Waals surface area contributed by atoms with Gasteiger partial charge in [0.1, 0.15) is 11.5 Å². The summed E-state index contributed by atoms with van der Waals surface area (Å²) in [6, 6.07) is 4.58. The van der Waals surface area contributed by atoms with Crippen molar-refractivity contribution in [2.24, 2.45) is 0 Å². The molecule has 0 bridgehead atoms. The first-order valence-electron chi connectivity index (χ1n) is 9.73. The van der Waals surface area contributed by atoms with Gasteiger partial charge in [-0.3, -0.25) is 9.59 Å². The third kappa shape index (κ3) is 5.31. The number of aromatic hydroxyl groups is 2. The molecule has 4 N–H and O–H groups in total. The van der Waals surface area contributed by atoms with Crippen LogP contribution >= 0.6 is 0 Å². The van der Waals surface area contributed by atoms with Crippen molar-refractivity contribution in [3.8, 4) is 17.2 Å². The summed E-state index contributed by atoms with van der Waals surface area (Å²) in [5, 5.41) is 39.1. The number of halogens is 1. The molecule has 0 aromatic heterocycles. The van der Waals surface area contributed by atoms with Crippen LogP contribution in [0.25, 0.3) is 0 Å². The second-order valence-electron chi connectivity index (χ2n) is 6.78. The molecule has 168 valence electrons. The number of carbonyl (C=O) groups is 2. The highest BCUT2D eigenvalue weighted by Crippen LogP contribution is 2.35. The quantitative estimate of drug-likeness (QED) is 0.415. The molecule has 0 saturated heterocycles. The number of aliphatic hydroxyl groups excluding tert-OH is 2. The number of hydrogen-bond acceptors (Lipinski definition) is 7. The van der Waals surface area contributed by atoms with Crippen LogP contribution in [-0.4, -0.2) is 70.4 Å². The Kier molecular flexibility index (Phi) is 8.35. The van der Waals surface area contributed by atoms with E-state index in [1.807, 2.05) is 0 Å². The highest BCUT2D eigenvalue weighted by molar-refractivity contribution is 6.12. The highest BCUT2D eigenvalue weighted by Gasteiger charge is 2.26. The van der Waals surface area contributed by atoms with Crippen LogP contribution in [-0.2, 0) is 17.6 Å². The molecule has 0 aliphatic rings. The maximum atomic E-state index is 14.1. The van der Waals surface area contributed by atoms with Crippen LogP contribution in [0.2, 0.25) is 0 Å². The first kappa shape index (κ1) is 24.1. The number of phenolic OH excluding ortho intramolecular Hbond substituents is 2. The van der Waals surface area contributed by atoms with E-state index in [-0.39, 0.29) is 72.9 Å². The van der Waals surface area contributed by atoms with Crippen molar-refractivity contribution in [1.29, 1.82) is 0 Å². The predicted octanol–water partition coefficient (Wildman–Crippen LogP) is 1.39. The Labute approximate surface area is 179 Å². The van der Waals surface area contributed by atoms with Crippen LogP contribution in [0, 0.1) is 5.82 Å². The Bertz CT molecular complexity index is 955. The lowest BCUT2D eigenvalue weighted by Crippen LogP contribution is -2.37. The minimum absolute atomic E-state index is 0.0291. The molecule has 0 radical (unpaired) electrons. The van der Waals surface area contributed by atoms with Crippen molar-refractivity contribution < 1.29 is 39.1 Å². The second kappa shape index (κ2) is 10.7. The van der Waals surface area contributed by atoms with Gasteiger partial charge < -0.3 is 30.1 Å². The number of methoxy groups -OCH3 is 1. The minimum Gasteiger partial charge on any atom is -0.508 e. The fourth-order valence-electron chi connectivity index (χ4n) is 3.41. The van der Waals surface area contributed by atoms with E-state index in [1.165, 1.54) is 24.1 Å². The zero-order valence-corrected chi connectivity index (χ0v) is 17.4. The van der Waals surface area contributed by atoms with Crippen LogP contribution < -0.4 is 4.74 Å². The molecule has 0 atom stereocenters. The Balaban J connectivity index is 2.58. The summed E-state index contributed by atoms with van der Waals surface area (Å²) in [4.78, 5) is 27.2. The molecular weight excluding hydrogens is 409 g/mol. The number of hydrogen-bond donors (Lipinski definition) is 4. The number of amides is 1. The number of ketones is 1. The lowest BCUT2D eigenvalue weighted by molar-refractivity contribution is -0.131. The van der Waals surface area contributed by atoms with E-state index in [9.17, 15) is 34.4 Å². The van der Waals surface area contributed by atoms with E-state index in [1.54, 1.807) is 6.92 Å². The van der Waals surface area contributed by atoms with Crippen molar-refractivity contribution in [3.05, 3.63) is 52.3 Å². The van der Waals surface area contributed by atoms with Gasteiger partial charge in [0.25, 0.3) is 0 Å². The van der Waals surface area contributed by atoms with Crippen molar-refractivity contribution in [2.45, 2.75) is 19.8 Å². The molecule has 0 aliphatic heterocycles. The van der Waals surface area contributed by atoms with Gasteiger partial charge in [0.05, 0.1) is 32.3 Å². The summed E-state index contributed by atoms with van der Waals surface area (Å²) in [6.07, 6.45) is -0.114. The topological polar surface area (TPSA) is 128 Å². The fourth-order valence-corrected chi connectivity index (χ4v) is 3.41. The molecular formula is C22H26FNO7. The van der Waals surface area contributed by atoms with Crippen LogP contribution in [0.3, 0.4) is 0 Å². The lowest BCUT2D eigenvalue weighted by atomic mass is 9.89. The normalized spacial score (nSPS) is 10.7. The zero-order chi connectivity index (χ0) is 23.1. The molecule has 2 rings (SSSR count). The Morgan fingerprint density at radius 2 is 1.68 bits per heavy atom. The van der Waals surface area contributed by atoms with Crippen molar-refractivity contribution in [3.63, 3.8) is 0 Å². The van der Waals surface area contributed by atoms with Gasteiger partial charge in [-0.1, -0.05) is 6.92 Å². The molecule has 8 nitrogen and oxygen atoms in total. The summed E-state index contributed by atoms with van der Waals surface area (Å²) in [5.41, 5.74) is 0.0988. The summed E-state index contributed by atoms with van der Waals surface area (Å²) in [5.74, 6) is -2.90. The maximum absolute atomic E-state index is 14.1. The van der Waals surface area contributed by atoms with Crippen LogP contribution in [0.5, 0.6) is 17.2 Å². The van der Waals surface area contributed by atoms with E-state index < -0.39 is 23.3 Å². The molecule has 0 fully saturated rings. The molecule has 0 unspecified atom stereocenters.